The van der Waals surface area contributed by atoms with Gasteiger partial charge in [-0.3, -0.25) is 13.9 Å². The van der Waals surface area contributed by atoms with Crippen LogP contribution in [0.5, 0.6) is 5.75 Å². The van der Waals surface area contributed by atoms with Crippen molar-refractivity contribution in [2.45, 2.75) is 62.9 Å². The lowest BCUT2D eigenvalue weighted by atomic mass is 9.74. The molecule has 1 unspecified atom stereocenters. The summed E-state index contributed by atoms with van der Waals surface area (Å²) in [5.74, 6) is 0.552. The van der Waals surface area contributed by atoms with Crippen molar-refractivity contribution in [3.8, 4) is 5.75 Å². The maximum atomic E-state index is 14.0. The number of likely N-dealkylation sites (tertiary alicyclic amines) is 1. The summed E-state index contributed by atoms with van der Waals surface area (Å²) < 4.78 is 32.6. The predicted octanol–water partition coefficient (Wildman–Crippen LogP) is 2.58. The molecule has 0 aromatic heterocycles. The summed E-state index contributed by atoms with van der Waals surface area (Å²) in [6.07, 6.45) is 4.57. The molecule has 0 radical (unpaired) electrons. The Kier molecular flexibility index (Phi) is 7.60. The van der Waals surface area contributed by atoms with Crippen molar-refractivity contribution in [3.05, 3.63) is 59.7 Å². The minimum Gasteiger partial charge on any atom is -0.493 e. The van der Waals surface area contributed by atoms with Crippen molar-refractivity contribution in [2.24, 2.45) is 11.7 Å². The van der Waals surface area contributed by atoms with E-state index in [0.29, 0.717) is 45.5 Å². The summed E-state index contributed by atoms with van der Waals surface area (Å²) >= 11 is 0. The molecule has 5 rings (SSSR count). The summed E-state index contributed by atoms with van der Waals surface area (Å²) in [5.41, 5.74) is 7.50. The molecule has 2 atom stereocenters. The number of ether oxygens (including phenoxy) is 1. The molecule has 0 saturated carbocycles. The summed E-state index contributed by atoms with van der Waals surface area (Å²) in [7, 11) is -3.42. The van der Waals surface area contributed by atoms with E-state index < -0.39 is 21.6 Å². The smallest absolute Gasteiger partial charge is 0.245 e. The molecule has 2 aromatic rings. The standard InChI is InChI=1S/C30H40N4O5S/c1-29(2,31)28(36)32-24(19-21-12-17-39-26-11-7-4-8-22(26)18-21)27(35)33-15-13-30(14-16-33)20-34(40(3,37)38)25-10-6-5-9-23(25)30/h4-11,21,24H,12-20,31H2,1-3H3,(H,32,36)/t21-,24?/m1/s1. The SMILES string of the molecule is CC(C)(N)C(=O)NC(C[C@@H]1CCOc2ccccc2C1)C(=O)N1CCC2(CC1)CN(S(C)(=O)=O)c1ccccc12. The van der Waals surface area contributed by atoms with Crippen LogP contribution in [-0.2, 0) is 31.4 Å². The van der Waals surface area contributed by atoms with E-state index >= 15 is 0 Å². The zero-order chi connectivity index (χ0) is 28.7. The Morgan fingerprint density at radius 2 is 1.80 bits per heavy atom. The third-order valence-electron chi connectivity index (χ3n) is 8.65. The molecular weight excluding hydrogens is 528 g/mol. The minimum absolute atomic E-state index is 0.114. The van der Waals surface area contributed by atoms with E-state index in [0.717, 1.165) is 35.4 Å². The highest BCUT2D eigenvalue weighted by molar-refractivity contribution is 7.92. The van der Waals surface area contributed by atoms with Crippen LogP contribution in [0.1, 0.15) is 50.7 Å². The van der Waals surface area contributed by atoms with Crippen LogP contribution in [0, 0.1) is 5.92 Å². The fourth-order valence-electron chi connectivity index (χ4n) is 6.35. The van der Waals surface area contributed by atoms with Gasteiger partial charge in [-0.2, -0.15) is 0 Å². The Balaban J connectivity index is 1.33. The molecule has 3 aliphatic rings. The van der Waals surface area contributed by atoms with E-state index in [-0.39, 0.29) is 23.1 Å². The normalized spacial score (nSPS) is 21.1. The number of piperidine rings is 1. The number of amides is 2. The molecule has 3 aliphatic heterocycles. The van der Waals surface area contributed by atoms with Gasteiger partial charge < -0.3 is 20.7 Å². The van der Waals surface area contributed by atoms with Crippen molar-refractivity contribution in [1.29, 1.82) is 0 Å². The highest BCUT2D eigenvalue weighted by Gasteiger charge is 2.48. The number of hydrogen-bond acceptors (Lipinski definition) is 6. The van der Waals surface area contributed by atoms with Crippen molar-refractivity contribution in [1.82, 2.24) is 10.2 Å². The molecule has 0 bridgehead atoms. The molecular formula is C30H40N4O5S. The van der Waals surface area contributed by atoms with Gasteiger partial charge in [-0.15, -0.1) is 0 Å². The monoisotopic (exact) mass is 568 g/mol. The maximum absolute atomic E-state index is 14.0. The first-order valence-electron chi connectivity index (χ1n) is 14.0. The molecule has 0 aliphatic carbocycles. The fourth-order valence-corrected chi connectivity index (χ4v) is 7.34. The van der Waals surface area contributed by atoms with Crippen LogP contribution >= 0.6 is 0 Å². The molecule has 3 N–H and O–H groups in total. The van der Waals surface area contributed by atoms with Gasteiger partial charge in [0.2, 0.25) is 21.8 Å². The van der Waals surface area contributed by atoms with Gasteiger partial charge in [-0.25, -0.2) is 8.42 Å². The van der Waals surface area contributed by atoms with Gasteiger partial charge in [-0.1, -0.05) is 36.4 Å². The van der Waals surface area contributed by atoms with Crippen LogP contribution < -0.4 is 20.1 Å². The van der Waals surface area contributed by atoms with Gasteiger partial charge in [0.1, 0.15) is 11.8 Å². The number of anilines is 1. The van der Waals surface area contributed by atoms with Gasteiger partial charge >= 0.3 is 0 Å². The number of nitrogens with one attached hydrogen (secondary N) is 1. The van der Waals surface area contributed by atoms with Crippen LogP contribution in [0.15, 0.2) is 48.5 Å². The van der Waals surface area contributed by atoms with Gasteiger partial charge in [0.25, 0.3) is 0 Å². The second-order valence-corrected chi connectivity index (χ2v) is 14.1. The summed E-state index contributed by atoms with van der Waals surface area (Å²) in [6, 6.07) is 14.9. The topological polar surface area (TPSA) is 122 Å². The van der Waals surface area contributed by atoms with E-state index in [1.54, 1.807) is 13.8 Å². The molecule has 1 fully saturated rings. The van der Waals surface area contributed by atoms with Crippen molar-refractivity contribution in [2.75, 3.05) is 36.8 Å². The number of rotatable bonds is 6. The zero-order valence-electron chi connectivity index (χ0n) is 23.6. The van der Waals surface area contributed by atoms with Crippen LogP contribution in [-0.4, -0.2) is 69.2 Å². The number of nitrogens with two attached hydrogens (primary N) is 1. The molecule has 2 amide bonds. The van der Waals surface area contributed by atoms with Crippen LogP contribution in [0.4, 0.5) is 5.69 Å². The van der Waals surface area contributed by atoms with Crippen LogP contribution in [0.2, 0.25) is 0 Å². The number of carbonyl (C=O) groups excluding carboxylic acids is 2. The molecule has 3 heterocycles. The van der Waals surface area contributed by atoms with Gasteiger partial charge in [0, 0.05) is 25.0 Å². The number of hydrogen-bond donors (Lipinski definition) is 2. The molecule has 1 saturated heterocycles. The molecule has 1 spiro atoms. The molecule has 2 aromatic carbocycles. The molecule has 40 heavy (non-hydrogen) atoms. The van der Waals surface area contributed by atoms with Crippen LogP contribution in [0.3, 0.4) is 0 Å². The van der Waals surface area contributed by atoms with E-state index in [1.165, 1.54) is 10.6 Å². The zero-order valence-corrected chi connectivity index (χ0v) is 24.4. The average molecular weight is 569 g/mol. The summed E-state index contributed by atoms with van der Waals surface area (Å²) in [4.78, 5) is 28.7. The number of para-hydroxylation sites is 2. The quantitative estimate of drug-likeness (QED) is 0.553. The Bertz CT molecular complexity index is 1380. The second kappa shape index (κ2) is 10.7. The van der Waals surface area contributed by atoms with Gasteiger partial charge in [-0.05, 0) is 75.1 Å². The van der Waals surface area contributed by atoms with Crippen molar-refractivity contribution < 1.29 is 22.7 Å². The highest BCUT2D eigenvalue weighted by atomic mass is 32.2. The lowest BCUT2D eigenvalue weighted by Gasteiger charge is -2.41. The maximum Gasteiger partial charge on any atom is 0.245 e. The first-order chi connectivity index (χ1) is 18.9. The largest absolute Gasteiger partial charge is 0.493 e. The number of benzene rings is 2. The Labute approximate surface area is 237 Å². The Morgan fingerprint density at radius 1 is 1.12 bits per heavy atom. The molecule has 216 valence electrons. The summed E-state index contributed by atoms with van der Waals surface area (Å²) in [5, 5.41) is 2.97. The van der Waals surface area contributed by atoms with E-state index in [4.69, 9.17) is 10.5 Å². The lowest BCUT2D eigenvalue weighted by Crippen LogP contribution is -2.58. The number of fused-ring (bicyclic) bond motifs is 3. The lowest BCUT2D eigenvalue weighted by molar-refractivity contribution is -0.139. The number of sulfonamides is 1. The van der Waals surface area contributed by atoms with E-state index in [2.05, 4.69) is 11.4 Å². The first-order valence-corrected chi connectivity index (χ1v) is 15.9. The number of nitrogens with zero attached hydrogens (tertiary/aromatic N) is 2. The van der Waals surface area contributed by atoms with Gasteiger partial charge in [0.05, 0.1) is 24.1 Å². The molecule has 9 nitrogen and oxygen atoms in total. The van der Waals surface area contributed by atoms with E-state index in [9.17, 15) is 18.0 Å². The predicted molar refractivity (Wildman–Crippen MR) is 155 cm³/mol. The third-order valence-corrected chi connectivity index (χ3v) is 9.77. The van der Waals surface area contributed by atoms with E-state index in [1.807, 2.05) is 47.4 Å². The Morgan fingerprint density at radius 3 is 2.50 bits per heavy atom. The first kappa shape index (κ1) is 28.4. The average Bonchev–Trinajstić information content (AvgIpc) is 3.08. The third kappa shape index (κ3) is 5.69. The van der Waals surface area contributed by atoms with Gasteiger partial charge in [0.15, 0.2) is 0 Å². The highest BCUT2D eigenvalue weighted by Crippen LogP contribution is 2.48. The number of carbonyl (C=O) groups is 2. The fraction of sp³-hybridized carbons (Fsp3) is 0.533. The molecule has 10 heteroatoms. The second-order valence-electron chi connectivity index (χ2n) is 12.2. The Hall–Kier alpha value is -3.11. The van der Waals surface area contributed by atoms with Crippen molar-refractivity contribution >= 4 is 27.5 Å². The van der Waals surface area contributed by atoms with Crippen LogP contribution in [0.25, 0.3) is 0 Å². The summed E-state index contributed by atoms with van der Waals surface area (Å²) in [6.45, 7) is 5.18. The van der Waals surface area contributed by atoms with Crippen molar-refractivity contribution in [3.63, 3.8) is 0 Å². The minimum atomic E-state index is -3.42.